The van der Waals surface area contributed by atoms with Crippen molar-refractivity contribution in [1.82, 2.24) is 15.1 Å². The highest BCUT2D eigenvalue weighted by molar-refractivity contribution is 5.94. The maximum atomic E-state index is 11.5. The predicted octanol–water partition coefficient (Wildman–Crippen LogP) is 4.58. The molecule has 0 unspecified atom stereocenters. The van der Waals surface area contributed by atoms with Crippen molar-refractivity contribution in [2.75, 3.05) is 31.1 Å². The minimum atomic E-state index is 0.0829. The summed E-state index contributed by atoms with van der Waals surface area (Å²) < 4.78 is 0. The summed E-state index contributed by atoms with van der Waals surface area (Å²) in [5.74, 6) is 1.07. The van der Waals surface area contributed by atoms with Gasteiger partial charge in [0, 0.05) is 30.3 Å². The number of piperidine rings is 2. The van der Waals surface area contributed by atoms with Crippen LogP contribution in [0.15, 0.2) is 36.4 Å². The predicted molar refractivity (Wildman–Crippen MR) is 120 cm³/mol. The molecule has 0 radical (unpaired) electrons. The summed E-state index contributed by atoms with van der Waals surface area (Å²) in [6.07, 6.45) is 9.59. The van der Waals surface area contributed by atoms with Gasteiger partial charge in [-0.1, -0.05) is 30.7 Å². The van der Waals surface area contributed by atoms with Gasteiger partial charge in [-0.15, -0.1) is 10.2 Å². The first-order valence-electron chi connectivity index (χ1n) is 11.6. The van der Waals surface area contributed by atoms with Crippen LogP contribution in [0.1, 0.15) is 62.2 Å². The molecule has 3 fully saturated rings. The number of Topliss-reactive ketones (excluding diaryl/α,β-unsaturated/α-hetero) is 1. The second-order valence-corrected chi connectivity index (χ2v) is 9.52. The Morgan fingerprint density at radius 2 is 1.57 bits per heavy atom. The van der Waals surface area contributed by atoms with Crippen LogP contribution in [0.25, 0.3) is 11.3 Å². The third-order valence-corrected chi connectivity index (χ3v) is 7.84. The van der Waals surface area contributed by atoms with E-state index in [1.54, 1.807) is 6.92 Å². The lowest BCUT2D eigenvalue weighted by molar-refractivity contribution is 0.0305. The molecular weight excluding hydrogens is 372 g/mol. The lowest BCUT2D eigenvalue weighted by Crippen LogP contribution is -2.51. The molecule has 1 aromatic heterocycles. The van der Waals surface area contributed by atoms with E-state index in [4.69, 9.17) is 0 Å². The Labute approximate surface area is 179 Å². The molecule has 1 aromatic carbocycles. The molecule has 0 bridgehead atoms. The Balaban J connectivity index is 1.18. The highest BCUT2D eigenvalue weighted by atomic mass is 16.1. The monoisotopic (exact) mass is 404 g/mol. The van der Waals surface area contributed by atoms with Crippen LogP contribution in [0, 0.1) is 5.41 Å². The van der Waals surface area contributed by atoms with Gasteiger partial charge in [0.1, 0.15) is 0 Å². The van der Waals surface area contributed by atoms with Gasteiger partial charge in [-0.3, -0.25) is 4.79 Å². The lowest BCUT2D eigenvalue weighted by atomic mass is 9.70. The highest BCUT2D eigenvalue weighted by Crippen LogP contribution is 2.43. The van der Waals surface area contributed by atoms with E-state index in [0.717, 1.165) is 41.8 Å². The zero-order valence-corrected chi connectivity index (χ0v) is 18.0. The number of nitrogens with zero attached hydrogens (tertiary/aromatic N) is 4. The van der Waals surface area contributed by atoms with Gasteiger partial charge in [-0.05, 0) is 76.1 Å². The molecular formula is C25H32N4O. The minimum absolute atomic E-state index is 0.0829. The summed E-state index contributed by atoms with van der Waals surface area (Å²) in [6, 6.07) is 12.6. The van der Waals surface area contributed by atoms with E-state index in [1.165, 1.54) is 58.0 Å². The molecule has 3 aliphatic rings. The van der Waals surface area contributed by atoms with Gasteiger partial charge in [-0.25, -0.2) is 0 Å². The number of anilines is 1. The molecule has 1 saturated carbocycles. The third kappa shape index (κ3) is 3.87. The molecule has 1 aliphatic carbocycles. The van der Waals surface area contributed by atoms with Crippen molar-refractivity contribution in [3.05, 3.63) is 42.0 Å². The second-order valence-electron chi connectivity index (χ2n) is 9.52. The molecule has 2 aromatic rings. The number of hydrogen-bond donors (Lipinski definition) is 0. The van der Waals surface area contributed by atoms with E-state index in [1.807, 2.05) is 30.3 Å². The molecule has 0 atom stereocenters. The molecule has 0 N–H and O–H groups in total. The maximum absolute atomic E-state index is 11.5. The molecule has 158 valence electrons. The average molecular weight is 405 g/mol. The van der Waals surface area contributed by atoms with Gasteiger partial charge in [-0.2, -0.15) is 0 Å². The largest absolute Gasteiger partial charge is 0.355 e. The molecule has 5 nitrogen and oxygen atoms in total. The Kier molecular flexibility index (Phi) is 5.32. The van der Waals surface area contributed by atoms with Crippen LogP contribution in [0.4, 0.5) is 5.82 Å². The smallest absolute Gasteiger partial charge is 0.159 e. The number of carbonyl (C=O) groups is 1. The minimum Gasteiger partial charge on any atom is -0.355 e. The Morgan fingerprint density at radius 3 is 2.10 bits per heavy atom. The van der Waals surface area contributed by atoms with E-state index in [2.05, 4.69) is 26.1 Å². The molecule has 30 heavy (non-hydrogen) atoms. The molecule has 5 heteroatoms. The standard InChI is InChI=1S/C25H32N4O/c1-19(30)20-5-7-21(8-6-20)23-9-10-24(27-26-23)29-17-13-25(14-18-29)11-15-28(16-12-25)22-3-2-4-22/h5-10,22H,2-4,11-18H2,1H3. The van der Waals surface area contributed by atoms with Crippen LogP contribution in [0.5, 0.6) is 0 Å². The SMILES string of the molecule is CC(=O)c1ccc(-c2ccc(N3CCC4(CC3)CCN(C3CCC3)CC4)nn2)cc1. The van der Waals surface area contributed by atoms with Gasteiger partial charge in [0.05, 0.1) is 5.69 Å². The fraction of sp³-hybridized carbons (Fsp3) is 0.560. The Morgan fingerprint density at radius 1 is 0.900 bits per heavy atom. The van der Waals surface area contributed by atoms with E-state index in [0.29, 0.717) is 5.41 Å². The molecule has 0 amide bonds. The zero-order chi connectivity index (χ0) is 20.6. The topological polar surface area (TPSA) is 49.3 Å². The normalized spacial score (nSPS) is 22.1. The molecule has 2 aliphatic heterocycles. The summed E-state index contributed by atoms with van der Waals surface area (Å²) >= 11 is 0. The number of aromatic nitrogens is 2. The number of hydrogen-bond acceptors (Lipinski definition) is 5. The van der Waals surface area contributed by atoms with Crippen molar-refractivity contribution in [3.8, 4) is 11.3 Å². The summed E-state index contributed by atoms with van der Waals surface area (Å²) in [5.41, 5.74) is 3.13. The van der Waals surface area contributed by atoms with Crippen LogP contribution in [-0.2, 0) is 0 Å². The number of carbonyl (C=O) groups excluding carboxylic acids is 1. The first-order chi connectivity index (χ1) is 14.6. The van der Waals surface area contributed by atoms with Crippen LogP contribution >= 0.6 is 0 Å². The summed E-state index contributed by atoms with van der Waals surface area (Å²) in [6.45, 7) is 6.38. The zero-order valence-electron chi connectivity index (χ0n) is 18.0. The number of ketones is 1. The van der Waals surface area contributed by atoms with Crippen molar-refractivity contribution in [1.29, 1.82) is 0 Å². The van der Waals surface area contributed by atoms with Gasteiger partial charge in [0.2, 0.25) is 0 Å². The van der Waals surface area contributed by atoms with Crippen molar-refractivity contribution in [2.45, 2.75) is 57.9 Å². The summed E-state index contributed by atoms with van der Waals surface area (Å²) in [5, 5.41) is 8.99. The first kappa shape index (κ1) is 19.7. The van der Waals surface area contributed by atoms with Crippen molar-refractivity contribution in [3.63, 3.8) is 0 Å². The van der Waals surface area contributed by atoms with Gasteiger partial charge in [0.25, 0.3) is 0 Å². The van der Waals surface area contributed by atoms with E-state index >= 15 is 0 Å². The average Bonchev–Trinajstić information content (AvgIpc) is 2.75. The van der Waals surface area contributed by atoms with E-state index in [9.17, 15) is 4.79 Å². The molecule has 1 spiro atoms. The van der Waals surface area contributed by atoms with Crippen LogP contribution < -0.4 is 4.90 Å². The van der Waals surface area contributed by atoms with Gasteiger partial charge >= 0.3 is 0 Å². The van der Waals surface area contributed by atoms with Crippen LogP contribution in [0.3, 0.4) is 0 Å². The van der Waals surface area contributed by atoms with Crippen molar-refractivity contribution in [2.24, 2.45) is 5.41 Å². The van der Waals surface area contributed by atoms with E-state index in [-0.39, 0.29) is 5.78 Å². The lowest BCUT2D eigenvalue weighted by Gasteiger charge is -2.50. The van der Waals surface area contributed by atoms with Crippen LogP contribution in [0.2, 0.25) is 0 Å². The first-order valence-corrected chi connectivity index (χ1v) is 11.6. The third-order valence-electron chi connectivity index (χ3n) is 7.84. The molecule has 2 saturated heterocycles. The fourth-order valence-electron chi connectivity index (χ4n) is 5.35. The number of rotatable bonds is 4. The molecule has 5 rings (SSSR count). The Hall–Kier alpha value is -2.27. The Bertz CT molecular complexity index is 870. The number of likely N-dealkylation sites (tertiary alicyclic amines) is 1. The maximum Gasteiger partial charge on any atom is 0.159 e. The van der Waals surface area contributed by atoms with Gasteiger partial charge in [0.15, 0.2) is 11.6 Å². The number of benzene rings is 1. The summed E-state index contributed by atoms with van der Waals surface area (Å²) in [7, 11) is 0. The quantitative estimate of drug-likeness (QED) is 0.698. The molecule has 3 heterocycles. The fourth-order valence-corrected chi connectivity index (χ4v) is 5.35. The van der Waals surface area contributed by atoms with Crippen LogP contribution in [-0.4, -0.2) is 53.1 Å². The van der Waals surface area contributed by atoms with Gasteiger partial charge < -0.3 is 9.80 Å². The second kappa shape index (κ2) is 8.10. The summed E-state index contributed by atoms with van der Waals surface area (Å²) in [4.78, 5) is 16.6. The van der Waals surface area contributed by atoms with E-state index < -0.39 is 0 Å². The highest BCUT2D eigenvalue weighted by Gasteiger charge is 2.39. The van der Waals surface area contributed by atoms with Crippen molar-refractivity contribution >= 4 is 11.6 Å². The van der Waals surface area contributed by atoms with Crippen molar-refractivity contribution < 1.29 is 4.79 Å².